The lowest BCUT2D eigenvalue weighted by atomic mass is 10.1. The predicted octanol–water partition coefficient (Wildman–Crippen LogP) is 3.68. The predicted molar refractivity (Wildman–Crippen MR) is 110 cm³/mol. The molecule has 2 aromatic rings. The number of nitrogens with one attached hydrogen (secondary N) is 2. The van der Waals surface area contributed by atoms with Gasteiger partial charge in [-0.2, -0.15) is 0 Å². The molecule has 6 heteroatoms. The molecule has 0 amide bonds. The minimum atomic E-state index is 0. The summed E-state index contributed by atoms with van der Waals surface area (Å²) in [5.74, 6) is 0.860. The van der Waals surface area contributed by atoms with Gasteiger partial charge in [0, 0.05) is 30.6 Å². The van der Waals surface area contributed by atoms with Crippen molar-refractivity contribution in [1.29, 1.82) is 0 Å². The first-order valence-electron chi connectivity index (χ1n) is 7.67. The van der Waals surface area contributed by atoms with Crippen molar-refractivity contribution < 1.29 is 0 Å². The van der Waals surface area contributed by atoms with Crippen LogP contribution in [0.3, 0.4) is 0 Å². The van der Waals surface area contributed by atoms with E-state index in [4.69, 9.17) is 0 Å². The molecule has 4 nitrogen and oxygen atoms in total. The minimum absolute atomic E-state index is 0. The molecule has 0 bridgehead atoms. The summed E-state index contributed by atoms with van der Waals surface area (Å²) in [5, 5.41) is 7.83. The number of thiazole rings is 1. The van der Waals surface area contributed by atoms with E-state index in [1.165, 1.54) is 21.0 Å². The molecule has 0 aliphatic heterocycles. The van der Waals surface area contributed by atoms with Crippen LogP contribution >= 0.6 is 35.3 Å². The van der Waals surface area contributed by atoms with E-state index in [-0.39, 0.29) is 24.0 Å². The summed E-state index contributed by atoms with van der Waals surface area (Å²) in [6, 6.07) is 8.36. The fourth-order valence-corrected chi connectivity index (χ4v) is 2.88. The number of nitrogens with zero attached hydrogens (tertiary/aromatic N) is 2. The second kappa shape index (κ2) is 10.6. The smallest absolute Gasteiger partial charge is 0.191 e. The van der Waals surface area contributed by atoms with Gasteiger partial charge in [-0.25, -0.2) is 9.98 Å². The summed E-state index contributed by atoms with van der Waals surface area (Å²) in [6.45, 7) is 8.67. The van der Waals surface area contributed by atoms with Crippen molar-refractivity contribution >= 4 is 41.3 Å². The first-order chi connectivity index (χ1) is 10.7. The second-order valence-corrected chi connectivity index (χ2v) is 6.48. The molecule has 0 radical (unpaired) electrons. The summed E-state index contributed by atoms with van der Waals surface area (Å²) in [5.41, 5.74) is 2.54. The lowest BCUT2D eigenvalue weighted by Gasteiger charge is -2.11. The molecule has 0 aliphatic carbocycles. The Morgan fingerprint density at radius 1 is 1.22 bits per heavy atom. The SMILES string of the molecule is CCNC(=NCc1ccccc1C)NCCc1ncc(C)s1.I. The summed E-state index contributed by atoms with van der Waals surface area (Å²) in [7, 11) is 0. The highest BCUT2D eigenvalue weighted by molar-refractivity contribution is 14.0. The van der Waals surface area contributed by atoms with Crippen molar-refractivity contribution in [3.8, 4) is 0 Å². The molecule has 23 heavy (non-hydrogen) atoms. The van der Waals surface area contributed by atoms with E-state index < -0.39 is 0 Å². The average molecular weight is 444 g/mol. The molecule has 0 unspecified atom stereocenters. The zero-order valence-corrected chi connectivity index (χ0v) is 17.1. The molecule has 0 atom stereocenters. The lowest BCUT2D eigenvalue weighted by molar-refractivity contribution is 0.796. The van der Waals surface area contributed by atoms with Crippen LogP contribution in [-0.4, -0.2) is 24.0 Å². The van der Waals surface area contributed by atoms with Crippen molar-refractivity contribution in [2.75, 3.05) is 13.1 Å². The van der Waals surface area contributed by atoms with Gasteiger partial charge in [0.1, 0.15) is 0 Å². The molecule has 2 N–H and O–H groups in total. The first-order valence-corrected chi connectivity index (χ1v) is 8.48. The Hall–Kier alpha value is -1.15. The number of hydrogen-bond donors (Lipinski definition) is 2. The Kier molecular flexibility index (Phi) is 9.16. The van der Waals surface area contributed by atoms with Crippen LogP contribution in [0.15, 0.2) is 35.5 Å². The van der Waals surface area contributed by atoms with Crippen LogP contribution in [0.4, 0.5) is 0 Å². The van der Waals surface area contributed by atoms with E-state index in [9.17, 15) is 0 Å². The van der Waals surface area contributed by atoms with E-state index in [0.717, 1.165) is 25.5 Å². The van der Waals surface area contributed by atoms with E-state index >= 15 is 0 Å². The Balaban J connectivity index is 0.00000264. The maximum atomic E-state index is 4.66. The topological polar surface area (TPSA) is 49.3 Å². The largest absolute Gasteiger partial charge is 0.357 e. The molecule has 0 aliphatic rings. The van der Waals surface area contributed by atoms with Gasteiger partial charge >= 0.3 is 0 Å². The standard InChI is InChI=1S/C17H24N4S.HI/c1-4-18-17(19-10-9-16-20-11-14(3)22-16)21-12-15-8-6-5-7-13(15)2;/h5-8,11H,4,9-10,12H2,1-3H3,(H2,18,19,21);1H. The van der Waals surface area contributed by atoms with Gasteiger partial charge in [-0.05, 0) is 31.9 Å². The highest BCUT2D eigenvalue weighted by atomic mass is 127. The summed E-state index contributed by atoms with van der Waals surface area (Å²) in [6.07, 6.45) is 2.85. The van der Waals surface area contributed by atoms with E-state index in [1.807, 2.05) is 6.20 Å². The molecule has 0 saturated carbocycles. The quantitative estimate of drug-likeness (QED) is 0.406. The highest BCUT2D eigenvalue weighted by Gasteiger charge is 2.01. The van der Waals surface area contributed by atoms with Crippen LogP contribution in [0, 0.1) is 13.8 Å². The van der Waals surface area contributed by atoms with Crippen LogP contribution in [0.1, 0.15) is 27.9 Å². The van der Waals surface area contributed by atoms with Gasteiger partial charge in [0.25, 0.3) is 0 Å². The van der Waals surface area contributed by atoms with Crippen molar-refractivity contribution in [3.63, 3.8) is 0 Å². The van der Waals surface area contributed by atoms with Gasteiger partial charge in [0.2, 0.25) is 0 Å². The van der Waals surface area contributed by atoms with Gasteiger partial charge in [-0.3, -0.25) is 0 Å². The van der Waals surface area contributed by atoms with Crippen LogP contribution in [0.2, 0.25) is 0 Å². The monoisotopic (exact) mass is 444 g/mol. The van der Waals surface area contributed by atoms with Gasteiger partial charge in [0.05, 0.1) is 11.6 Å². The Labute approximate surface area is 159 Å². The normalized spacial score (nSPS) is 11.0. The molecule has 126 valence electrons. The Bertz CT molecular complexity index is 625. The van der Waals surface area contributed by atoms with Crippen molar-refractivity contribution in [2.24, 2.45) is 4.99 Å². The summed E-state index contributed by atoms with van der Waals surface area (Å²) >= 11 is 1.75. The summed E-state index contributed by atoms with van der Waals surface area (Å²) < 4.78 is 0. The van der Waals surface area contributed by atoms with Gasteiger partial charge in [-0.1, -0.05) is 24.3 Å². The molecule has 0 fully saturated rings. The zero-order chi connectivity index (χ0) is 15.8. The van der Waals surface area contributed by atoms with Crippen LogP contribution in [0.25, 0.3) is 0 Å². The van der Waals surface area contributed by atoms with Crippen molar-refractivity contribution in [1.82, 2.24) is 15.6 Å². The number of hydrogen-bond acceptors (Lipinski definition) is 3. The number of aliphatic imine (C=N–C) groups is 1. The fourth-order valence-electron chi connectivity index (χ4n) is 2.10. The maximum Gasteiger partial charge on any atom is 0.191 e. The van der Waals surface area contributed by atoms with Gasteiger partial charge in [-0.15, -0.1) is 35.3 Å². The third-order valence-electron chi connectivity index (χ3n) is 3.31. The Morgan fingerprint density at radius 2 is 2.00 bits per heavy atom. The molecule has 1 aromatic carbocycles. The van der Waals surface area contributed by atoms with Crippen LogP contribution in [-0.2, 0) is 13.0 Å². The number of rotatable bonds is 6. The number of aromatic nitrogens is 1. The van der Waals surface area contributed by atoms with Crippen LogP contribution in [0.5, 0.6) is 0 Å². The molecule has 2 rings (SSSR count). The molecular weight excluding hydrogens is 419 g/mol. The van der Waals surface area contributed by atoms with Crippen molar-refractivity contribution in [2.45, 2.75) is 33.7 Å². The fraction of sp³-hybridized carbons (Fsp3) is 0.412. The maximum absolute atomic E-state index is 4.66. The zero-order valence-electron chi connectivity index (χ0n) is 13.9. The molecule has 1 aromatic heterocycles. The molecule has 1 heterocycles. The third-order valence-corrected chi connectivity index (χ3v) is 4.29. The Morgan fingerprint density at radius 3 is 2.65 bits per heavy atom. The minimum Gasteiger partial charge on any atom is -0.357 e. The second-order valence-electron chi connectivity index (χ2n) is 5.16. The highest BCUT2D eigenvalue weighted by Crippen LogP contribution is 2.11. The number of aryl methyl sites for hydroxylation is 2. The van der Waals surface area contributed by atoms with Crippen LogP contribution < -0.4 is 10.6 Å². The number of guanidine groups is 1. The number of benzene rings is 1. The van der Waals surface area contributed by atoms with E-state index in [0.29, 0.717) is 6.54 Å². The van der Waals surface area contributed by atoms with Gasteiger partial charge < -0.3 is 10.6 Å². The van der Waals surface area contributed by atoms with Gasteiger partial charge in [0.15, 0.2) is 5.96 Å². The molecule has 0 spiro atoms. The van der Waals surface area contributed by atoms with E-state index in [1.54, 1.807) is 11.3 Å². The first kappa shape index (κ1) is 19.9. The molecule has 0 saturated heterocycles. The van der Waals surface area contributed by atoms with E-state index in [2.05, 4.69) is 65.6 Å². The summed E-state index contributed by atoms with van der Waals surface area (Å²) in [4.78, 5) is 10.3. The lowest BCUT2D eigenvalue weighted by Crippen LogP contribution is -2.38. The molecular formula is C17H25IN4S. The average Bonchev–Trinajstić information content (AvgIpc) is 2.92. The van der Waals surface area contributed by atoms with Crippen molar-refractivity contribution in [3.05, 3.63) is 51.5 Å². The number of halogens is 1. The third kappa shape index (κ3) is 6.87.